The van der Waals surface area contributed by atoms with Crippen molar-refractivity contribution < 1.29 is 14.3 Å². The molecule has 6 nitrogen and oxygen atoms in total. The maximum Gasteiger partial charge on any atom is 0.359 e. The Labute approximate surface area is 157 Å². The molecule has 0 aliphatic rings. The predicted octanol–water partition coefficient (Wildman–Crippen LogP) is 3.11. The van der Waals surface area contributed by atoms with Crippen molar-refractivity contribution in [2.45, 2.75) is 4.90 Å². The minimum Gasteiger partial charge on any atom is -0.451 e. The molecule has 2 aromatic heterocycles. The van der Waals surface area contributed by atoms with Gasteiger partial charge in [-0.25, -0.2) is 9.78 Å². The van der Waals surface area contributed by atoms with E-state index in [2.05, 4.69) is 10.3 Å². The molecule has 0 saturated heterocycles. The van der Waals surface area contributed by atoms with Gasteiger partial charge in [0.15, 0.2) is 22.4 Å². The van der Waals surface area contributed by atoms with Crippen LogP contribution < -0.4 is 5.32 Å². The van der Waals surface area contributed by atoms with Crippen molar-refractivity contribution in [3.63, 3.8) is 0 Å². The molecule has 25 heavy (non-hydrogen) atoms. The molecule has 1 amide bonds. The number of hydrogen-bond donors (Lipinski definition) is 1. The Bertz CT molecular complexity index is 879. The fourth-order valence-electron chi connectivity index (χ4n) is 2.07. The maximum absolute atomic E-state index is 12.1. The van der Waals surface area contributed by atoms with Gasteiger partial charge in [0, 0.05) is 28.8 Å². The van der Waals surface area contributed by atoms with E-state index in [1.807, 2.05) is 30.3 Å². The van der Waals surface area contributed by atoms with Crippen LogP contribution in [0.1, 0.15) is 10.5 Å². The summed E-state index contributed by atoms with van der Waals surface area (Å²) in [6.07, 6.45) is 1.68. The summed E-state index contributed by atoms with van der Waals surface area (Å²) in [5, 5.41) is 4.56. The number of fused-ring (bicyclic) bond motifs is 1. The molecule has 0 saturated carbocycles. The number of rotatable bonds is 7. The lowest BCUT2D eigenvalue weighted by atomic mass is 10.4. The Kier molecular flexibility index (Phi) is 5.95. The fraction of sp³-hybridized carbons (Fsp3) is 0.188. The van der Waals surface area contributed by atoms with E-state index in [1.54, 1.807) is 27.7 Å². The third kappa shape index (κ3) is 4.53. The Morgan fingerprint density at radius 1 is 1.32 bits per heavy atom. The van der Waals surface area contributed by atoms with E-state index < -0.39 is 5.97 Å². The number of nitrogens with one attached hydrogen (secondary N) is 1. The van der Waals surface area contributed by atoms with Crippen LogP contribution in [0.4, 0.5) is 0 Å². The van der Waals surface area contributed by atoms with Gasteiger partial charge >= 0.3 is 5.97 Å². The number of carbonyl (C=O) groups is 2. The van der Waals surface area contributed by atoms with Gasteiger partial charge in [0.05, 0.1) is 0 Å². The van der Waals surface area contributed by atoms with Crippen molar-refractivity contribution in [1.82, 2.24) is 14.7 Å². The molecule has 0 unspecified atom stereocenters. The number of thiazole rings is 1. The first-order valence-corrected chi connectivity index (χ1v) is 9.62. The molecule has 3 aromatic rings. The van der Waals surface area contributed by atoms with Crippen LogP contribution in [0.5, 0.6) is 0 Å². The van der Waals surface area contributed by atoms with Crippen LogP contribution >= 0.6 is 34.7 Å². The average molecular weight is 396 g/mol. The molecule has 0 radical (unpaired) electrons. The number of benzene rings is 1. The summed E-state index contributed by atoms with van der Waals surface area (Å²) in [5.74, 6) is -0.304. The zero-order valence-corrected chi connectivity index (χ0v) is 15.4. The summed E-state index contributed by atoms with van der Waals surface area (Å²) < 4.78 is 6.57. The molecule has 0 spiro atoms. The van der Waals surface area contributed by atoms with Crippen molar-refractivity contribution >= 4 is 51.5 Å². The van der Waals surface area contributed by atoms with Crippen molar-refractivity contribution in [1.29, 1.82) is 0 Å². The molecule has 0 bridgehead atoms. The van der Waals surface area contributed by atoms with Crippen molar-refractivity contribution in [3.05, 3.63) is 52.8 Å². The van der Waals surface area contributed by atoms with E-state index in [4.69, 9.17) is 16.3 Å². The second kappa shape index (κ2) is 8.37. The third-order valence-electron chi connectivity index (χ3n) is 3.18. The number of amides is 1. The summed E-state index contributed by atoms with van der Waals surface area (Å²) >= 11 is 8.94. The highest BCUT2D eigenvalue weighted by Crippen LogP contribution is 2.21. The molecule has 0 aliphatic heterocycles. The largest absolute Gasteiger partial charge is 0.451 e. The molecule has 0 aliphatic carbocycles. The maximum atomic E-state index is 12.1. The summed E-state index contributed by atoms with van der Waals surface area (Å²) in [7, 11) is 0. The normalized spacial score (nSPS) is 10.8. The van der Waals surface area contributed by atoms with E-state index in [9.17, 15) is 9.59 Å². The van der Waals surface area contributed by atoms with E-state index >= 15 is 0 Å². The highest BCUT2D eigenvalue weighted by molar-refractivity contribution is 7.99. The van der Waals surface area contributed by atoms with Gasteiger partial charge in [0.1, 0.15) is 0 Å². The number of esters is 1. The SMILES string of the molecule is O=C(COC(=O)c1c(Cl)nc2sccn12)NCCSc1ccccc1. The van der Waals surface area contributed by atoms with Gasteiger partial charge in [-0.3, -0.25) is 9.20 Å². The highest BCUT2D eigenvalue weighted by Gasteiger charge is 2.21. The lowest BCUT2D eigenvalue weighted by Gasteiger charge is -2.06. The highest BCUT2D eigenvalue weighted by atomic mass is 35.5. The minimum absolute atomic E-state index is 0.0662. The first-order chi connectivity index (χ1) is 12.1. The molecule has 3 rings (SSSR count). The fourth-order valence-corrected chi connectivity index (χ4v) is 3.87. The van der Waals surface area contributed by atoms with Crippen LogP contribution in [-0.4, -0.2) is 40.2 Å². The van der Waals surface area contributed by atoms with Gasteiger partial charge < -0.3 is 10.1 Å². The minimum atomic E-state index is -0.676. The van der Waals surface area contributed by atoms with E-state index in [0.29, 0.717) is 11.5 Å². The van der Waals surface area contributed by atoms with Crippen molar-refractivity contribution in [2.24, 2.45) is 0 Å². The smallest absolute Gasteiger partial charge is 0.359 e. The van der Waals surface area contributed by atoms with Crippen LogP contribution in [0, 0.1) is 0 Å². The third-order valence-corrected chi connectivity index (χ3v) is 5.22. The summed E-state index contributed by atoms with van der Waals surface area (Å²) in [5.41, 5.74) is 0.130. The Balaban J connectivity index is 1.42. The van der Waals surface area contributed by atoms with Gasteiger partial charge in [0.25, 0.3) is 5.91 Å². The quantitative estimate of drug-likeness (QED) is 0.378. The van der Waals surface area contributed by atoms with Crippen LogP contribution in [0.25, 0.3) is 4.96 Å². The molecular weight excluding hydrogens is 382 g/mol. The molecule has 130 valence electrons. The van der Waals surface area contributed by atoms with Crippen LogP contribution in [0.2, 0.25) is 5.15 Å². The Morgan fingerprint density at radius 2 is 2.12 bits per heavy atom. The van der Waals surface area contributed by atoms with Crippen molar-refractivity contribution in [2.75, 3.05) is 18.9 Å². The van der Waals surface area contributed by atoms with E-state index in [-0.39, 0.29) is 23.4 Å². The number of ether oxygens (including phenoxy) is 1. The lowest BCUT2D eigenvalue weighted by molar-refractivity contribution is -0.124. The number of aromatic nitrogens is 2. The van der Waals surface area contributed by atoms with Gasteiger partial charge in [0.2, 0.25) is 0 Å². The van der Waals surface area contributed by atoms with Crippen LogP contribution in [0.15, 0.2) is 46.8 Å². The van der Waals surface area contributed by atoms with Gasteiger partial charge in [-0.05, 0) is 12.1 Å². The number of imidazole rings is 1. The summed E-state index contributed by atoms with van der Waals surface area (Å²) in [6, 6.07) is 9.90. The molecule has 9 heteroatoms. The average Bonchev–Trinajstić information content (AvgIpc) is 3.17. The van der Waals surface area contributed by atoms with E-state index in [0.717, 1.165) is 10.6 Å². The number of halogens is 1. The summed E-state index contributed by atoms with van der Waals surface area (Å²) in [6.45, 7) is 0.126. The van der Waals surface area contributed by atoms with Gasteiger partial charge in [-0.1, -0.05) is 29.8 Å². The standard InChI is InChI=1S/C16H14ClN3O3S2/c17-14-13(20-7-9-25-16(20)19-14)15(22)23-10-12(21)18-6-8-24-11-4-2-1-3-5-11/h1-5,7,9H,6,8,10H2,(H,18,21). The molecule has 1 N–H and O–H groups in total. The molecule has 0 atom stereocenters. The molecular formula is C16H14ClN3O3S2. The number of nitrogens with zero attached hydrogens (tertiary/aromatic N) is 2. The zero-order valence-electron chi connectivity index (χ0n) is 13.0. The van der Waals surface area contributed by atoms with Gasteiger partial charge in [-0.15, -0.1) is 23.1 Å². The topological polar surface area (TPSA) is 72.7 Å². The molecule has 1 aromatic carbocycles. The zero-order chi connectivity index (χ0) is 17.6. The lowest BCUT2D eigenvalue weighted by Crippen LogP contribution is -2.30. The second-order valence-electron chi connectivity index (χ2n) is 4.89. The number of thioether (sulfide) groups is 1. The monoisotopic (exact) mass is 395 g/mol. The van der Waals surface area contributed by atoms with Crippen molar-refractivity contribution in [3.8, 4) is 0 Å². The Morgan fingerprint density at radius 3 is 2.92 bits per heavy atom. The first kappa shape index (κ1) is 17.8. The summed E-state index contributed by atoms with van der Waals surface area (Å²) in [4.78, 5) is 29.7. The number of carbonyl (C=O) groups excluding carboxylic acids is 2. The predicted molar refractivity (Wildman–Crippen MR) is 98.5 cm³/mol. The van der Waals surface area contributed by atoms with Crippen LogP contribution in [0.3, 0.4) is 0 Å². The number of hydrogen-bond acceptors (Lipinski definition) is 6. The first-order valence-electron chi connectivity index (χ1n) is 7.38. The van der Waals surface area contributed by atoms with E-state index in [1.165, 1.54) is 11.3 Å². The second-order valence-corrected chi connectivity index (χ2v) is 7.29. The Hall–Kier alpha value is -2.03. The molecule has 2 heterocycles. The van der Waals surface area contributed by atoms with Gasteiger partial charge in [-0.2, -0.15) is 0 Å². The van der Waals surface area contributed by atoms with Crippen LogP contribution in [-0.2, 0) is 9.53 Å². The molecule has 0 fully saturated rings.